The van der Waals surface area contributed by atoms with E-state index in [9.17, 15) is 15.0 Å². The second kappa shape index (κ2) is 13.1. The van der Waals surface area contributed by atoms with E-state index in [4.69, 9.17) is 32.7 Å². The fourth-order valence-corrected chi connectivity index (χ4v) is 6.87. The van der Waals surface area contributed by atoms with E-state index in [-0.39, 0.29) is 18.1 Å². The molecule has 4 aromatic rings. The first kappa shape index (κ1) is 31.2. The van der Waals surface area contributed by atoms with E-state index in [0.717, 1.165) is 16.7 Å². The molecule has 0 bridgehead atoms. The van der Waals surface area contributed by atoms with Crippen LogP contribution in [0.1, 0.15) is 59.1 Å². The summed E-state index contributed by atoms with van der Waals surface area (Å²) in [7, 11) is 1.62. The number of benzene rings is 4. The van der Waals surface area contributed by atoms with Crippen molar-refractivity contribution in [3.63, 3.8) is 0 Å². The molecule has 0 aliphatic rings. The average Bonchev–Trinajstić information content (AvgIpc) is 2.87. The van der Waals surface area contributed by atoms with Crippen molar-refractivity contribution in [2.24, 2.45) is 0 Å². The van der Waals surface area contributed by atoms with Crippen LogP contribution in [0.5, 0.6) is 23.0 Å². The summed E-state index contributed by atoms with van der Waals surface area (Å²) < 4.78 is 13.6. The number of methoxy groups -OCH3 is 1. The standard InChI is InChI=1S/C32H28Br2Cl2O5/c1-16(2)21-14-28(41-32-23(33)9-18(10-24(32)34)11-29(38)39)22(15-27(21)40-4)30(19-7-5-6-17(3)8-19)31-25(36)12-20(35)13-26(31)37/h5-10,12-16,30,37H,11H2,1-4H3,(H,38,39). The first-order valence-corrected chi connectivity index (χ1v) is 15.1. The Hall–Kier alpha value is -2.71. The Morgan fingerprint density at radius 3 is 2.17 bits per heavy atom. The predicted molar refractivity (Wildman–Crippen MR) is 171 cm³/mol. The number of ether oxygens (including phenoxy) is 2. The van der Waals surface area contributed by atoms with E-state index in [1.807, 2.05) is 43.3 Å². The van der Waals surface area contributed by atoms with Gasteiger partial charge in [0.1, 0.15) is 17.2 Å². The van der Waals surface area contributed by atoms with Crippen molar-refractivity contribution in [3.8, 4) is 23.0 Å². The Bertz CT molecular complexity index is 1570. The van der Waals surface area contributed by atoms with Crippen LogP contribution in [0.3, 0.4) is 0 Å². The van der Waals surface area contributed by atoms with Crippen LogP contribution in [0.25, 0.3) is 0 Å². The minimum Gasteiger partial charge on any atom is -0.508 e. The van der Waals surface area contributed by atoms with Gasteiger partial charge in [-0.15, -0.1) is 0 Å². The van der Waals surface area contributed by atoms with E-state index in [2.05, 4.69) is 45.7 Å². The molecule has 0 spiro atoms. The monoisotopic (exact) mass is 720 g/mol. The molecule has 4 rings (SSSR count). The number of aromatic hydroxyl groups is 1. The third-order valence-corrected chi connectivity index (χ3v) is 8.37. The van der Waals surface area contributed by atoms with Crippen LogP contribution in [-0.4, -0.2) is 23.3 Å². The van der Waals surface area contributed by atoms with Crippen LogP contribution in [0.15, 0.2) is 69.6 Å². The van der Waals surface area contributed by atoms with E-state index in [1.54, 1.807) is 25.3 Å². The number of carbonyl (C=O) groups is 1. The molecule has 41 heavy (non-hydrogen) atoms. The Morgan fingerprint density at radius 2 is 1.61 bits per heavy atom. The fraction of sp³-hybridized carbons (Fsp3) is 0.219. The number of carboxylic acids is 1. The van der Waals surface area contributed by atoms with Crippen molar-refractivity contribution in [3.05, 3.63) is 113 Å². The molecule has 5 nitrogen and oxygen atoms in total. The lowest BCUT2D eigenvalue weighted by molar-refractivity contribution is -0.136. The van der Waals surface area contributed by atoms with Gasteiger partial charge in [0.25, 0.3) is 0 Å². The van der Waals surface area contributed by atoms with Crippen LogP contribution < -0.4 is 9.47 Å². The Kier molecular flexibility index (Phi) is 9.96. The number of hydrogen-bond acceptors (Lipinski definition) is 4. The molecule has 1 atom stereocenters. The zero-order chi connectivity index (χ0) is 30.0. The number of halogens is 4. The molecule has 0 aromatic heterocycles. The molecule has 0 radical (unpaired) electrons. The maximum absolute atomic E-state index is 11.3. The quantitative estimate of drug-likeness (QED) is 0.168. The van der Waals surface area contributed by atoms with Gasteiger partial charge in [0.2, 0.25) is 0 Å². The zero-order valence-electron chi connectivity index (χ0n) is 22.8. The predicted octanol–water partition coefficient (Wildman–Crippen LogP) is 10.3. The molecule has 0 saturated heterocycles. The van der Waals surface area contributed by atoms with Crippen molar-refractivity contribution in [1.29, 1.82) is 0 Å². The largest absolute Gasteiger partial charge is 0.508 e. The highest BCUT2D eigenvalue weighted by Gasteiger charge is 2.29. The first-order valence-electron chi connectivity index (χ1n) is 12.7. The van der Waals surface area contributed by atoms with Gasteiger partial charge in [-0.05, 0) is 92.2 Å². The molecule has 1 unspecified atom stereocenters. The summed E-state index contributed by atoms with van der Waals surface area (Å²) in [4.78, 5) is 11.3. The highest BCUT2D eigenvalue weighted by molar-refractivity contribution is 9.11. The molecule has 0 amide bonds. The van der Waals surface area contributed by atoms with Gasteiger partial charge in [0, 0.05) is 32.7 Å². The molecule has 0 aliphatic heterocycles. The van der Waals surface area contributed by atoms with Crippen LogP contribution in [0.4, 0.5) is 0 Å². The lowest BCUT2D eigenvalue weighted by atomic mass is 9.82. The lowest BCUT2D eigenvalue weighted by Gasteiger charge is -2.26. The van der Waals surface area contributed by atoms with Gasteiger partial charge in [0.15, 0.2) is 5.75 Å². The summed E-state index contributed by atoms with van der Waals surface area (Å²) in [6.45, 7) is 6.12. The van der Waals surface area contributed by atoms with Crippen molar-refractivity contribution in [2.45, 2.75) is 39.0 Å². The van der Waals surface area contributed by atoms with Crippen LogP contribution in [0, 0.1) is 6.92 Å². The van der Waals surface area contributed by atoms with Gasteiger partial charge >= 0.3 is 5.97 Å². The van der Waals surface area contributed by atoms with E-state index in [0.29, 0.717) is 52.9 Å². The van der Waals surface area contributed by atoms with Crippen molar-refractivity contribution >= 4 is 61.0 Å². The second-order valence-electron chi connectivity index (χ2n) is 10.0. The summed E-state index contributed by atoms with van der Waals surface area (Å²) in [5.74, 6) is 0.210. The molecule has 214 valence electrons. The van der Waals surface area contributed by atoms with Gasteiger partial charge < -0.3 is 19.7 Å². The van der Waals surface area contributed by atoms with Crippen molar-refractivity contribution in [2.75, 3.05) is 7.11 Å². The first-order chi connectivity index (χ1) is 19.4. The molecule has 4 aromatic carbocycles. The van der Waals surface area contributed by atoms with Gasteiger partial charge in [-0.2, -0.15) is 0 Å². The number of aryl methyl sites for hydroxylation is 1. The van der Waals surface area contributed by atoms with E-state index in [1.165, 1.54) is 6.07 Å². The van der Waals surface area contributed by atoms with Crippen LogP contribution in [-0.2, 0) is 11.2 Å². The summed E-state index contributed by atoms with van der Waals surface area (Å²) >= 11 is 20.1. The second-order valence-corrected chi connectivity index (χ2v) is 12.6. The van der Waals surface area contributed by atoms with Gasteiger partial charge in [-0.3, -0.25) is 4.79 Å². The highest BCUT2D eigenvalue weighted by Crippen LogP contribution is 2.49. The smallest absolute Gasteiger partial charge is 0.307 e. The molecular formula is C32H28Br2Cl2O5. The molecule has 9 heteroatoms. The average molecular weight is 723 g/mol. The topological polar surface area (TPSA) is 76.0 Å². The number of phenolic OH excluding ortho intramolecular Hbond substituents is 1. The third-order valence-electron chi connectivity index (χ3n) is 6.66. The third kappa shape index (κ3) is 7.03. The lowest BCUT2D eigenvalue weighted by Crippen LogP contribution is -2.09. The zero-order valence-corrected chi connectivity index (χ0v) is 27.5. The number of carboxylic acid groups (broad SMARTS) is 1. The Morgan fingerprint density at radius 1 is 0.951 bits per heavy atom. The highest BCUT2D eigenvalue weighted by atomic mass is 79.9. The van der Waals surface area contributed by atoms with Crippen LogP contribution >= 0.6 is 55.1 Å². The summed E-state index contributed by atoms with van der Waals surface area (Å²) in [6, 6.07) is 18.3. The molecule has 0 saturated carbocycles. The van der Waals surface area contributed by atoms with Crippen LogP contribution in [0.2, 0.25) is 10.0 Å². The summed E-state index contributed by atoms with van der Waals surface area (Å²) in [5.41, 5.74) is 4.62. The summed E-state index contributed by atoms with van der Waals surface area (Å²) in [6.07, 6.45) is -0.132. The summed E-state index contributed by atoms with van der Waals surface area (Å²) in [5, 5.41) is 21.1. The maximum atomic E-state index is 11.3. The molecule has 2 N–H and O–H groups in total. The number of rotatable bonds is 9. The van der Waals surface area contributed by atoms with E-state index < -0.39 is 11.9 Å². The molecule has 0 fully saturated rings. The molecule has 0 heterocycles. The SMILES string of the molecule is COc1cc(C(c2cccc(C)c2)c2c(O)cc(Cl)cc2Cl)c(Oc2c(Br)cc(CC(=O)O)cc2Br)cc1C(C)C. The van der Waals surface area contributed by atoms with Crippen molar-refractivity contribution in [1.82, 2.24) is 0 Å². The van der Waals surface area contributed by atoms with Gasteiger partial charge in [0.05, 0.1) is 22.5 Å². The minimum atomic E-state index is -0.933. The maximum Gasteiger partial charge on any atom is 0.307 e. The molecular weight excluding hydrogens is 695 g/mol. The Labute approximate surface area is 266 Å². The molecule has 0 aliphatic carbocycles. The van der Waals surface area contributed by atoms with Gasteiger partial charge in [-0.25, -0.2) is 0 Å². The fourth-order valence-electron chi connectivity index (χ4n) is 4.84. The number of phenols is 1. The van der Waals surface area contributed by atoms with E-state index >= 15 is 0 Å². The normalized spacial score (nSPS) is 11.9. The number of aliphatic carboxylic acids is 1. The van der Waals surface area contributed by atoms with Gasteiger partial charge in [-0.1, -0.05) is 66.9 Å². The minimum absolute atomic E-state index is 0.0488. The Balaban J connectivity index is 2.03. The number of hydrogen-bond donors (Lipinski definition) is 2. The van der Waals surface area contributed by atoms with Crippen molar-refractivity contribution < 1.29 is 24.5 Å².